The monoisotopic (exact) mass is 335 g/mol. The molecule has 0 saturated carbocycles. The predicted molar refractivity (Wildman–Crippen MR) is 84.3 cm³/mol. The Kier molecular flexibility index (Phi) is 4.30. The van der Waals surface area contributed by atoms with E-state index in [2.05, 4.69) is 10.1 Å². The number of rotatable bonds is 5. The van der Waals surface area contributed by atoms with Gasteiger partial charge in [-0.1, -0.05) is 11.3 Å². The molecular formula is C14H13N3O3S2. The first kappa shape index (κ1) is 14.9. The van der Waals surface area contributed by atoms with Crippen LogP contribution in [0, 0.1) is 6.92 Å². The van der Waals surface area contributed by atoms with Crippen LogP contribution in [0.25, 0.3) is 4.96 Å². The average Bonchev–Trinajstić information content (AvgIpc) is 3.11. The Hall–Kier alpha value is -2.06. The predicted octanol–water partition coefficient (Wildman–Crippen LogP) is 2.20. The van der Waals surface area contributed by atoms with Crippen molar-refractivity contribution in [1.29, 1.82) is 0 Å². The molecule has 3 aromatic heterocycles. The van der Waals surface area contributed by atoms with E-state index in [0.29, 0.717) is 28.5 Å². The van der Waals surface area contributed by atoms with Crippen LogP contribution in [-0.2, 0) is 22.6 Å². The van der Waals surface area contributed by atoms with Crippen LogP contribution in [0.1, 0.15) is 22.7 Å². The Morgan fingerprint density at radius 3 is 3.09 bits per heavy atom. The molecule has 0 amide bonds. The van der Waals surface area contributed by atoms with Gasteiger partial charge in [-0.25, -0.2) is 4.98 Å². The highest BCUT2D eigenvalue weighted by Gasteiger charge is 2.10. The third kappa shape index (κ3) is 3.40. The Labute approximate surface area is 134 Å². The molecule has 0 N–H and O–H groups in total. The van der Waals surface area contributed by atoms with Crippen LogP contribution >= 0.6 is 22.7 Å². The molecule has 0 aliphatic heterocycles. The van der Waals surface area contributed by atoms with E-state index in [1.165, 1.54) is 21.9 Å². The lowest BCUT2D eigenvalue weighted by molar-refractivity contribution is -0.144. The topological polar surface area (TPSA) is 73.6 Å². The van der Waals surface area contributed by atoms with Crippen molar-refractivity contribution < 1.29 is 9.53 Å². The number of carbonyl (C=O) groups is 1. The SMILES string of the molecule is Cc1cc(=O)n2nc(COC(=O)CCc3ccsc3)sc2n1. The molecule has 0 bridgehead atoms. The highest BCUT2D eigenvalue weighted by Crippen LogP contribution is 2.13. The van der Waals surface area contributed by atoms with E-state index in [9.17, 15) is 9.59 Å². The fourth-order valence-corrected chi connectivity index (χ4v) is 3.48. The maximum Gasteiger partial charge on any atom is 0.306 e. The lowest BCUT2D eigenvalue weighted by atomic mass is 10.2. The smallest absolute Gasteiger partial charge is 0.306 e. The highest BCUT2D eigenvalue weighted by molar-refractivity contribution is 7.16. The molecule has 0 unspecified atom stereocenters. The minimum absolute atomic E-state index is 0.0645. The van der Waals surface area contributed by atoms with Gasteiger partial charge in [0.25, 0.3) is 5.56 Å². The van der Waals surface area contributed by atoms with Gasteiger partial charge in [0.15, 0.2) is 5.01 Å². The minimum atomic E-state index is -0.276. The molecule has 0 saturated heterocycles. The number of hydrogen-bond donors (Lipinski definition) is 0. The molecule has 3 heterocycles. The van der Waals surface area contributed by atoms with Crippen molar-refractivity contribution >= 4 is 33.6 Å². The van der Waals surface area contributed by atoms with Crippen molar-refractivity contribution in [3.63, 3.8) is 0 Å². The van der Waals surface area contributed by atoms with E-state index in [1.807, 2.05) is 16.8 Å². The molecule has 0 atom stereocenters. The van der Waals surface area contributed by atoms with Gasteiger partial charge < -0.3 is 4.74 Å². The third-order valence-electron chi connectivity index (χ3n) is 2.97. The molecule has 22 heavy (non-hydrogen) atoms. The first-order valence-corrected chi connectivity index (χ1v) is 8.41. The Morgan fingerprint density at radius 2 is 2.32 bits per heavy atom. The second-order valence-electron chi connectivity index (χ2n) is 4.72. The normalized spacial score (nSPS) is 11.0. The Balaban J connectivity index is 1.60. The quantitative estimate of drug-likeness (QED) is 0.668. The van der Waals surface area contributed by atoms with Crippen LogP contribution in [0.2, 0.25) is 0 Å². The van der Waals surface area contributed by atoms with E-state index in [4.69, 9.17) is 4.74 Å². The van der Waals surface area contributed by atoms with Gasteiger partial charge in [0.1, 0.15) is 6.61 Å². The van der Waals surface area contributed by atoms with Crippen molar-refractivity contribution in [2.75, 3.05) is 0 Å². The Morgan fingerprint density at radius 1 is 1.45 bits per heavy atom. The van der Waals surface area contributed by atoms with E-state index in [0.717, 1.165) is 5.56 Å². The zero-order valence-corrected chi connectivity index (χ0v) is 13.4. The number of ether oxygens (including phenoxy) is 1. The Bertz CT molecular complexity index is 852. The molecule has 6 nitrogen and oxygen atoms in total. The van der Waals surface area contributed by atoms with Crippen LogP contribution in [-0.4, -0.2) is 20.6 Å². The standard InChI is InChI=1S/C14H13N3O3S2/c1-9-6-12(18)17-14(15-9)22-11(16-17)7-20-13(19)3-2-10-4-5-21-8-10/h4-6,8H,2-3,7H2,1H3. The summed E-state index contributed by atoms with van der Waals surface area (Å²) in [5.74, 6) is -0.276. The largest absolute Gasteiger partial charge is 0.458 e. The number of hydrogen-bond acceptors (Lipinski definition) is 7. The van der Waals surface area contributed by atoms with Crippen molar-refractivity contribution in [2.45, 2.75) is 26.4 Å². The average molecular weight is 335 g/mol. The highest BCUT2D eigenvalue weighted by atomic mass is 32.1. The first-order chi connectivity index (χ1) is 10.6. The summed E-state index contributed by atoms with van der Waals surface area (Å²) in [5, 5.41) is 8.67. The van der Waals surface area contributed by atoms with Crippen LogP contribution in [0.3, 0.4) is 0 Å². The summed E-state index contributed by atoms with van der Waals surface area (Å²) >= 11 is 2.86. The molecule has 3 rings (SSSR count). The summed E-state index contributed by atoms with van der Waals surface area (Å²) in [6.07, 6.45) is 1.00. The number of fused-ring (bicyclic) bond motifs is 1. The molecule has 8 heteroatoms. The van der Waals surface area contributed by atoms with E-state index >= 15 is 0 Å². The lowest BCUT2D eigenvalue weighted by Gasteiger charge is -2.01. The molecule has 114 valence electrons. The molecule has 0 aliphatic rings. The molecule has 3 aromatic rings. The van der Waals surface area contributed by atoms with Crippen molar-refractivity contribution in [2.24, 2.45) is 0 Å². The lowest BCUT2D eigenvalue weighted by Crippen LogP contribution is -2.14. The van der Waals surface area contributed by atoms with E-state index in [-0.39, 0.29) is 18.1 Å². The third-order valence-corrected chi connectivity index (χ3v) is 4.58. The molecule has 0 fully saturated rings. The maximum atomic E-state index is 11.7. The van der Waals surface area contributed by atoms with Gasteiger partial charge in [-0.2, -0.15) is 21.0 Å². The number of esters is 1. The fraction of sp³-hybridized carbons (Fsp3) is 0.286. The number of aromatic nitrogens is 3. The van der Waals surface area contributed by atoms with Gasteiger partial charge >= 0.3 is 5.97 Å². The van der Waals surface area contributed by atoms with Crippen LogP contribution < -0.4 is 5.56 Å². The summed E-state index contributed by atoms with van der Waals surface area (Å²) in [6.45, 7) is 1.82. The maximum absolute atomic E-state index is 11.7. The second-order valence-corrected chi connectivity index (χ2v) is 6.54. The fourth-order valence-electron chi connectivity index (χ4n) is 1.91. The molecule has 0 spiro atoms. The summed E-state index contributed by atoms with van der Waals surface area (Å²) in [5.41, 5.74) is 1.55. The van der Waals surface area contributed by atoms with Crippen molar-refractivity contribution in [1.82, 2.24) is 14.6 Å². The van der Waals surface area contributed by atoms with Crippen LogP contribution in [0.4, 0.5) is 0 Å². The van der Waals surface area contributed by atoms with Gasteiger partial charge in [-0.3, -0.25) is 9.59 Å². The van der Waals surface area contributed by atoms with Gasteiger partial charge in [-0.05, 0) is 35.7 Å². The van der Waals surface area contributed by atoms with Gasteiger partial charge in [-0.15, -0.1) is 0 Å². The number of aryl methyl sites for hydroxylation is 2. The number of nitrogens with zero attached hydrogens (tertiary/aromatic N) is 3. The van der Waals surface area contributed by atoms with Crippen molar-refractivity contribution in [3.8, 4) is 0 Å². The summed E-state index contributed by atoms with van der Waals surface area (Å²) in [4.78, 5) is 28.2. The van der Waals surface area contributed by atoms with Gasteiger partial charge in [0, 0.05) is 18.2 Å². The summed E-state index contributed by atoms with van der Waals surface area (Å²) < 4.78 is 6.42. The second kappa shape index (κ2) is 6.37. The summed E-state index contributed by atoms with van der Waals surface area (Å²) in [6, 6.07) is 3.41. The number of thiophene rings is 1. The van der Waals surface area contributed by atoms with Crippen LogP contribution in [0.15, 0.2) is 27.7 Å². The van der Waals surface area contributed by atoms with Crippen molar-refractivity contribution in [3.05, 3.63) is 49.5 Å². The molecular weight excluding hydrogens is 322 g/mol. The molecule has 0 aliphatic carbocycles. The summed E-state index contributed by atoms with van der Waals surface area (Å²) in [7, 11) is 0. The van der Waals surface area contributed by atoms with Gasteiger partial charge in [0.2, 0.25) is 4.96 Å². The van der Waals surface area contributed by atoms with E-state index in [1.54, 1.807) is 18.3 Å². The molecule has 0 aromatic carbocycles. The molecule has 0 radical (unpaired) electrons. The number of carbonyl (C=O) groups excluding carboxylic acids is 1. The first-order valence-electron chi connectivity index (χ1n) is 6.65. The minimum Gasteiger partial charge on any atom is -0.458 e. The van der Waals surface area contributed by atoms with Crippen LogP contribution in [0.5, 0.6) is 0 Å². The van der Waals surface area contributed by atoms with Gasteiger partial charge in [0.05, 0.1) is 0 Å². The zero-order valence-electron chi connectivity index (χ0n) is 11.8. The zero-order chi connectivity index (χ0) is 15.5. The van der Waals surface area contributed by atoms with E-state index < -0.39 is 0 Å².